The first-order chi connectivity index (χ1) is 15.6. The molecule has 32 heavy (non-hydrogen) atoms. The molecule has 1 aromatic carbocycles. The molecule has 0 saturated carbocycles. The summed E-state index contributed by atoms with van der Waals surface area (Å²) in [5, 5.41) is 2.82. The van der Waals surface area contributed by atoms with Crippen LogP contribution < -0.4 is 10.1 Å². The van der Waals surface area contributed by atoms with Crippen LogP contribution >= 0.6 is 0 Å². The molecule has 4 rings (SSSR count). The molecule has 1 aromatic heterocycles. The van der Waals surface area contributed by atoms with Crippen LogP contribution in [-0.4, -0.2) is 62.2 Å². The van der Waals surface area contributed by atoms with Crippen molar-refractivity contribution in [2.75, 3.05) is 40.5 Å². The lowest BCUT2D eigenvalue weighted by Crippen LogP contribution is -2.59. The van der Waals surface area contributed by atoms with Crippen LogP contribution in [0.1, 0.15) is 36.9 Å². The molecule has 0 bridgehead atoms. The number of rotatable bonds is 5. The molecular weight excluding hydrogens is 406 g/mol. The second kappa shape index (κ2) is 9.28. The Labute approximate surface area is 189 Å². The molecule has 7 heteroatoms. The Kier molecular flexibility index (Phi) is 6.46. The average Bonchev–Trinajstić information content (AvgIpc) is 2.88. The highest BCUT2D eigenvalue weighted by Gasteiger charge is 2.50. The maximum absolute atomic E-state index is 14.1. The van der Waals surface area contributed by atoms with Crippen molar-refractivity contribution in [3.05, 3.63) is 59.9 Å². The second-order valence-electron chi connectivity index (χ2n) is 8.63. The van der Waals surface area contributed by atoms with Crippen molar-refractivity contribution in [3.63, 3.8) is 0 Å². The fourth-order valence-corrected chi connectivity index (χ4v) is 5.18. The third kappa shape index (κ3) is 3.86. The minimum atomic E-state index is -0.851. The van der Waals surface area contributed by atoms with Crippen LogP contribution in [0, 0.1) is 0 Å². The van der Waals surface area contributed by atoms with Crippen molar-refractivity contribution in [3.8, 4) is 5.75 Å². The van der Waals surface area contributed by atoms with Gasteiger partial charge in [-0.05, 0) is 55.5 Å². The number of nitrogens with zero attached hydrogens (tertiary/aromatic N) is 2. The van der Waals surface area contributed by atoms with Gasteiger partial charge in [-0.1, -0.05) is 18.2 Å². The van der Waals surface area contributed by atoms with E-state index in [9.17, 15) is 9.59 Å². The maximum atomic E-state index is 14.1. The number of amides is 2. The van der Waals surface area contributed by atoms with Gasteiger partial charge >= 0.3 is 0 Å². The molecule has 2 aromatic rings. The Morgan fingerprint density at radius 1 is 1.06 bits per heavy atom. The fraction of sp³-hybridized carbons (Fsp3) is 0.480. The van der Waals surface area contributed by atoms with Gasteiger partial charge in [0.25, 0.3) is 0 Å². The van der Waals surface area contributed by atoms with E-state index in [1.165, 1.54) is 0 Å². The minimum absolute atomic E-state index is 0.0647. The summed E-state index contributed by atoms with van der Waals surface area (Å²) < 4.78 is 10.9. The highest BCUT2D eigenvalue weighted by molar-refractivity contribution is 5.92. The van der Waals surface area contributed by atoms with Crippen molar-refractivity contribution in [2.45, 2.75) is 36.5 Å². The summed E-state index contributed by atoms with van der Waals surface area (Å²) in [7, 11) is 3.28. The zero-order valence-electron chi connectivity index (χ0n) is 18.8. The molecule has 0 radical (unpaired) electrons. The van der Waals surface area contributed by atoms with Crippen LogP contribution in [0.2, 0.25) is 0 Å². The van der Waals surface area contributed by atoms with E-state index in [0.717, 1.165) is 17.7 Å². The van der Waals surface area contributed by atoms with Gasteiger partial charge in [0.2, 0.25) is 11.8 Å². The van der Waals surface area contributed by atoms with E-state index in [0.29, 0.717) is 51.3 Å². The third-order valence-corrected chi connectivity index (χ3v) is 6.99. The Bertz CT molecular complexity index is 941. The standard InChI is InChI=1S/C25H31N3O4/c1-26-22(29)25(21-6-3-4-14-27-21)11-5-15-28(18-25)23(30)24(12-16-32-17-13-24)19-7-9-20(31-2)10-8-19/h3-4,6-10,14H,5,11-13,15-18H2,1-2H3,(H,26,29)/t25-/m1/s1. The summed E-state index contributed by atoms with van der Waals surface area (Å²) in [6.45, 7) is 2.02. The van der Waals surface area contributed by atoms with Crippen LogP contribution in [0.15, 0.2) is 48.7 Å². The van der Waals surface area contributed by atoms with Gasteiger partial charge in [0.05, 0.1) is 18.2 Å². The molecule has 0 unspecified atom stereocenters. The highest BCUT2D eigenvalue weighted by atomic mass is 16.5. The topological polar surface area (TPSA) is 80.8 Å². The van der Waals surface area contributed by atoms with Gasteiger partial charge in [0, 0.05) is 39.5 Å². The van der Waals surface area contributed by atoms with Gasteiger partial charge in [0.1, 0.15) is 11.2 Å². The first kappa shape index (κ1) is 22.3. The monoisotopic (exact) mass is 437 g/mol. The van der Waals surface area contributed by atoms with Gasteiger partial charge < -0.3 is 19.7 Å². The zero-order chi connectivity index (χ0) is 22.6. The largest absolute Gasteiger partial charge is 0.497 e. The molecule has 2 fully saturated rings. The molecule has 7 nitrogen and oxygen atoms in total. The molecule has 1 N–H and O–H groups in total. The molecule has 0 spiro atoms. The summed E-state index contributed by atoms with van der Waals surface area (Å²) in [6.07, 6.45) is 4.34. The Hall–Kier alpha value is -2.93. The molecule has 0 aliphatic carbocycles. The highest BCUT2D eigenvalue weighted by Crippen LogP contribution is 2.40. The number of aromatic nitrogens is 1. The van der Waals surface area contributed by atoms with E-state index < -0.39 is 10.8 Å². The third-order valence-electron chi connectivity index (χ3n) is 6.99. The van der Waals surface area contributed by atoms with Crippen molar-refractivity contribution in [1.29, 1.82) is 0 Å². The van der Waals surface area contributed by atoms with Gasteiger partial charge in [-0.3, -0.25) is 14.6 Å². The fourth-order valence-electron chi connectivity index (χ4n) is 5.18. The molecule has 2 amide bonds. The number of carbonyl (C=O) groups is 2. The van der Waals surface area contributed by atoms with E-state index in [2.05, 4.69) is 10.3 Å². The number of hydrogen-bond donors (Lipinski definition) is 1. The van der Waals surface area contributed by atoms with Crippen LogP contribution in [0.5, 0.6) is 5.75 Å². The number of likely N-dealkylation sites (N-methyl/N-ethyl adjacent to an activating group) is 1. The molecule has 3 heterocycles. The molecule has 2 aliphatic rings. The van der Waals surface area contributed by atoms with E-state index in [-0.39, 0.29) is 11.8 Å². The Morgan fingerprint density at radius 3 is 2.44 bits per heavy atom. The molecule has 170 valence electrons. The number of nitrogens with one attached hydrogen (secondary N) is 1. The van der Waals surface area contributed by atoms with E-state index in [1.807, 2.05) is 47.4 Å². The molecular formula is C25H31N3O4. The smallest absolute Gasteiger partial charge is 0.233 e. The number of benzene rings is 1. The molecule has 1 atom stereocenters. The lowest BCUT2D eigenvalue weighted by molar-refractivity contribution is -0.145. The van der Waals surface area contributed by atoms with Crippen LogP contribution in [0.25, 0.3) is 0 Å². The number of carbonyl (C=O) groups excluding carboxylic acids is 2. The average molecular weight is 438 g/mol. The predicted octanol–water partition coefficient (Wildman–Crippen LogP) is 2.44. The predicted molar refractivity (Wildman–Crippen MR) is 121 cm³/mol. The minimum Gasteiger partial charge on any atom is -0.497 e. The summed E-state index contributed by atoms with van der Waals surface area (Å²) in [5.41, 5.74) is 0.166. The van der Waals surface area contributed by atoms with Crippen molar-refractivity contribution >= 4 is 11.8 Å². The summed E-state index contributed by atoms with van der Waals surface area (Å²) in [4.78, 5) is 33.7. The summed E-state index contributed by atoms with van der Waals surface area (Å²) in [5.74, 6) is 0.726. The quantitative estimate of drug-likeness (QED) is 0.777. The number of likely N-dealkylation sites (tertiary alicyclic amines) is 1. The lowest BCUT2D eigenvalue weighted by atomic mass is 9.71. The Balaban J connectivity index is 1.70. The van der Waals surface area contributed by atoms with Gasteiger partial charge in [-0.2, -0.15) is 0 Å². The maximum Gasteiger partial charge on any atom is 0.233 e. The van der Waals surface area contributed by atoms with Crippen LogP contribution in [-0.2, 0) is 25.2 Å². The second-order valence-corrected chi connectivity index (χ2v) is 8.63. The number of methoxy groups -OCH3 is 1. The Morgan fingerprint density at radius 2 is 1.81 bits per heavy atom. The zero-order valence-corrected chi connectivity index (χ0v) is 18.8. The summed E-state index contributed by atoms with van der Waals surface area (Å²) in [6, 6.07) is 13.4. The van der Waals surface area contributed by atoms with E-state index in [4.69, 9.17) is 9.47 Å². The van der Waals surface area contributed by atoms with Crippen LogP contribution in [0.3, 0.4) is 0 Å². The first-order valence-corrected chi connectivity index (χ1v) is 11.2. The van der Waals surface area contributed by atoms with Gasteiger partial charge in [0.15, 0.2) is 0 Å². The number of pyridine rings is 1. The lowest BCUT2D eigenvalue weighted by Gasteiger charge is -2.46. The van der Waals surface area contributed by atoms with Gasteiger partial charge in [-0.15, -0.1) is 0 Å². The van der Waals surface area contributed by atoms with E-state index in [1.54, 1.807) is 20.4 Å². The van der Waals surface area contributed by atoms with Crippen molar-refractivity contribution in [2.24, 2.45) is 0 Å². The normalized spacial score (nSPS) is 22.8. The molecule has 2 saturated heterocycles. The van der Waals surface area contributed by atoms with Gasteiger partial charge in [-0.25, -0.2) is 0 Å². The molecule has 2 aliphatic heterocycles. The van der Waals surface area contributed by atoms with Crippen molar-refractivity contribution in [1.82, 2.24) is 15.2 Å². The first-order valence-electron chi connectivity index (χ1n) is 11.2. The van der Waals surface area contributed by atoms with E-state index >= 15 is 0 Å². The number of ether oxygens (including phenoxy) is 2. The van der Waals surface area contributed by atoms with Crippen molar-refractivity contribution < 1.29 is 19.1 Å². The SMILES string of the molecule is CNC(=O)[C@]1(c2ccccn2)CCCN(C(=O)C2(c3ccc(OC)cc3)CCOCC2)C1. The summed E-state index contributed by atoms with van der Waals surface area (Å²) >= 11 is 0. The number of piperidine rings is 1. The number of hydrogen-bond acceptors (Lipinski definition) is 5. The van der Waals surface area contributed by atoms with Crippen LogP contribution in [0.4, 0.5) is 0 Å².